The number of hydrogen-bond donors (Lipinski definition) is 0. The van der Waals surface area contributed by atoms with E-state index in [-0.39, 0.29) is 0 Å². The van der Waals surface area contributed by atoms with Gasteiger partial charge in [-0.05, 0) is 0 Å². The molecule has 0 atom stereocenters. The molecular formula is C8H16N+. The molecule has 1 nitrogen and oxygen atoms in total. The first-order valence-corrected chi connectivity index (χ1v) is 3.54. The van der Waals surface area contributed by atoms with E-state index in [9.17, 15) is 0 Å². The third-order valence-corrected chi connectivity index (χ3v) is 1.31. The lowest BCUT2D eigenvalue weighted by atomic mass is 10.1. The van der Waals surface area contributed by atoms with Gasteiger partial charge in [0.1, 0.15) is 0 Å². The molecule has 0 N–H and O–H groups in total. The van der Waals surface area contributed by atoms with E-state index in [1.165, 1.54) is 5.71 Å². The summed E-state index contributed by atoms with van der Waals surface area (Å²) >= 11 is 0. The molecule has 0 unspecified atom stereocenters. The molecule has 0 aromatic rings. The monoisotopic (exact) mass is 126 g/mol. The van der Waals surface area contributed by atoms with Crippen LogP contribution in [-0.2, 0) is 0 Å². The van der Waals surface area contributed by atoms with Crippen LogP contribution in [0.2, 0.25) is 0 Å². The van der Waals surface area contributed by atoms with Crippen molar-refractivity contribution in [2.45, 2.75) is 34.1 Å². The van der Waals surface area contributed by atoms with Crippen LogP contribution < -0.4 is 4.67 Å². The van der Waals surface area contributed by atoms with Crippen molar-refractivity contribution in [2.24, 2.45) is 5.92 Å². The van der Waals surface area contributed by atoms with E-state index in [0.29, 0.717) is 5.92 Å². The van der Waals surface area contributed by atoms with Crippen molar-refractivity contribution in [1.82, 2.24) is 4.67 Å². The van der Waals surface area contributed by atoms with Gasteiger partial charge in [0.05, 0.1) is 5.92 Å². The summed E-state index contributed by atoms with van der Waals surface area (Å²) in [5.41, 5.74) is 1.22. The molecule has 52 valence electrons. The third kappa shape index (κ3) is 3.99. The molecule has 0 fully saturated rings. The summed E-state index contributed by atoms with van der Waals surface area (Å²) in [4.78, 5) is 0. The molecule has 1 heteroatoms. The smallest absolute Gasteiger partial charge is 0.107 e. The van der Waals surface area contributed by atoms with Crippen LogP contribution in [0.3, 0.4) is 0 Å². The number of hydrogen-bond acceptors (Lipinski definition) is 0. The second-order valence-corrected chi connectivity index (χ2v) is 2.52. The summed E-state index contributed by atoms with van der Waals surface area (Å²) < 4.78 is 4.23. The zero-order valence-corrected chi connectivity index (χ0v) is 6.81. The maximum Gasteiger partial charge on any atom is 0.279 e. The Labute approximate surface area is 57.5 Å². The van der Waals surface area contributed by atoms with Gasteiger partial charge in [-0.2, -0.15) is 0 Å². The van der Waals surface area contributed by atoms with Crippen LogP contribution in [0.1, 0.15) is 34.1 Å². The Balaban J connectivity index is 3.98. The third-order valence-electron chi connectivity index (χ3n) is 1.31. The predicted octanol–water partition coefficient (Wildman–Crippen LogP) is 1.65. The average molecular weight is 126 g/mol. The van der Waals surface area contributed by atoms with E-state index in [4.69, 9.17) is 0 Å². The Bertz CT molecular complexity index is 128. The van der Waals surface area contributed by atoms with Gasteiger partial charge in [0.25, 0.3) is 11.9 Å². The summed E-state index contributed by atoms with van der Waals surface area (Å²) in [7, 11) is 0. The first-order chi connectivity index (χ1) is 4.18. The first kappa shape index (κ1) is 8.45. The zero-order valence-electron chi connectivity index (χ0n) is 6.81. The molecular weight excluding hydrogens is 110 g/mol. The van der Waals surface area contributed by atoms with Crippen molar-refractivity contribution in [3.63, 3.8) is 0 Å². The molecule has 0 aromatic carbocycles. The molecule has 0 spiro atoms. The van der Waals surface area contributed by atoms with Gasteiger partial charge in [-0.3, -0.25) is 0 Å². The summed E-state index contributed by atoms with van der Waals surface area (Å²) in [6.45, 7) is 8.47. The molecule has 0 saturated carbocycles. The standard InChI is InChI=1S/C8H16N/c1-5-6-9-8(4)7(2)3/h6-7H,5H2,1-4H3/q+1. The van der Waals surface area contributed by atoms with Crippen LogP contribution in [0.4, 0.5) is 0 Å². The van der Waals surface area contributed by atoms with Crippen LogP contribution >= 0.6 is 0 Å². The maximum atomic E-state index is 4.23. The van der Waals surface area contributed by atoms with Crippen LogP contribution in [0.25, 0.3) is 0 Å². The van der Waals surface area contributed by atoms with Crippen molar-refractivity contribution in [2.75, 3.05) is 0 Å². The summed E-state index contributed by atoms with van der Waals surface area (Å²) in [6.07, 6.45) is 2.99. The highest BCUT2D eigenvalue weighted by atomic mass is 14.6. The maximum absolute atomic E-state index is 4.23. The SMILES string of the molecule is CCC=[N+]=C(C)C(C)C. The minimum absolute atomic E-state index is 0.591. The van der Waals surface area contributed by atoms with Crippen molar-refractivity contribution >= 4 is 11.9 Å². The molecule has 0 radical (unpaired) electrons. The zero-order chi connectivity index (χ0) is 7.28. The van der Waals surface area contributed by atoms with Gasteiger partial charge in [-0.15, -0.1) is 4.67 Å². The Morgan fingerprint density at radius 1 is 1.56 bits per heavy atom. The Morgan fingerprint density at radius 3 is 2.44 bits per heavy atom. The Morgan fingerprint density at radius 2 is 2.11 bits per heavy atom. The van der Waals surface area contributed by atoms with Crippen LogP contribution in [0.15, 0.2) is 0 Å². The van der Waals surface area contributed by atoms with Gasteiger partial charge in [0, 0.05) is 13.3 Å². The lowest BCUT2D eigenvalue weighted by molar-refractivity contribution is 0.877. The van der Waals surface area contributed by atoms with Crippen molar-refractivity contribution < 1.29 is 0 Å². The number of nitrogens with zero attached hydrogens (tertiary/aromatic N) is 1. The highest BCUT2D eigenvalue weighted by molar-refractivity contribution is 5.85. The van der Waals surface area contributed by atoms with Gasteiger partial charge < -0.3 is 0 Å². The second-order valence-electron chi connectivity index (χ2n) is 2.52. The predicted molar refractivity (Wildman–Crippen MR) is 44.0 cm³/mol. The van der Waals surface area contributed by atoms with E-state index < -0.39 is 0 Å². The molecule has 0 aliphatic rings. The van der Waals surface area contributed by atoms with Crippen molar-refractivity contribution in [3.8, 4) is 0 Å². The van der Waals surface area contributed by atoms with Gasteiger partial charge in [-0.1, -0.05) is 20.8 Å². The summed E-state index contributed by atoms with van der Waals surface area (Å²) in [6, 6.07) is 0. The van der Waals surface area contributed by atoms with Crippen LogP contribution in [0, 0.1) is 5.92 Å². The van der Waals surface area contributed by atoms with Gasteiger partial charge in [0.2, 0.25) is 0 Å². The van der Waals surface area contributed by atoms with Gasteiger partial charge in [0.15, 0.2) is 0 Å². The van der Waals surface area contributed by atoms with Gasteiger partial charge in [-0.25, -0.2) is 0 Å². The van der Waals surface area contributed by atoms with Gasteiger partial charge >= 0.3 is 0 Å². The topological polar surface area (TPSA) is 14.1 Å². The molecule has 0 amide bonds. The molecule has 0 aliphatic heterocycles. The van der Waals surface area contributed by atoms with Crippen molar-refractivity contribution in [3.05, 3.63) is 0 Å². The highest BCUT2D eigenvalue weighted by Crippen LogP contribution is 1.89. The number of rotatable bonds is 2. The summed E-state index contributed by atoms with van der Waals surface area (Å²) in [5, 5.41) is 0. The summed E-state index contributed by atoms with van der Waals surface area (Å²) in [5.74, 6) is 0.591. The van der Waals surface area contributed by atoms with Crippen molar-refractivity contribution in [1.29, 1.82) is 0 Å². The van der Waals surface area contributed by atoms with Crippen LogP contribution in [0.5, 0.6) is 0 Å². The fraction of sp³-hybridized carbons (Fsp3) is 0.750. The second kappa shape index (κ2) is 4.34. The normalized spacial score (nSPS) is 9.00. The van der Waals surface area contributed by atoms with E-state index in [1.807, 2.05) is 6.21 Å². The van der Waals surface area contributed by atoms with E-state index in [2.05, 4.69) is 32.4 Å². The molecule has 0 aliphatic carbocycles. The Hall–Kier alpha value is -0.550. The highest BCUT2D eigenvalue weighted by Gasteiger charge is 2.04. The minimum atomic E-state index is 0.591. The lowest BCUT2D eigenvalue weighted by Gasteiger charge is -1.86. The first-order valence-electron chi connectivity index (χ1n) is 3.54. The van der Waals surface area contributed by atoms with E-state index >= 15 is 0 Å². The fourth-order valence-electron chi connectivity index (χ4n) is 0.384. The molecule has 0 saturated heterocycles. The fourth-order valence-corrected chi connectivity index (χ4v) is 0.384. The van der Waals surface area contributed by atoms with E-state index in [0.717, 1.165) is 6.42 Å². The Kier molecular flexibility index (Phi) is 4.08. The lowest BCUT2D eigenvalue weighted by Crippen LogP contribution is -2.05. The minimum Gasteiger partial charge on any atom is -0.107 e. The van der Waals surface area contributed by atoms with E-state index in [1.54, 1.807) is 0 Å². The largest absolute Gasteiger partial charge is 0.279 e. The molecule has 9 heavy (non-hydrogen) atoms. The average Bonchev–Trinajstić information content (AvgIpc) is 1.82. The quantitative estimate of drug-likeness (QED) is 0.394. The molecule has 0 rings (SSSR count). The molecule has 0 bridgehead atoms. The molecule has 0 aromatic heterocycles. The van der Waals surface area contributed by atoms with Crippen LogP contribution in [-0.4, -0.2) is 11.9 Å². The molecule has 0 heterocycles.